The van der Waals surface area contributed by atoms with Gasteiger partial charge >= 0.3 is 6.09 Å². The molecule has 41 heavy (non-hydrogen) atoms. The summed E-state index contributed by atoms with van der Waals surface area (Å²) in [5.41, 5.74) is 6.92. The number of nitrogens with zero attached hydrogens (tertiary/aromatic N) is 6. The van der Waals surface area contributed by atoms with Gasteiger partial charge in [-0.3, -0.25) is 9.55 Å². The van der Waals surface area contributed by atoms with Gasteiger partial charge in [0.05, 0.1) is 60.0 Å². The van der Waals surface area contributed by atoms with E-state index in [1.165, 1.54) is 19.2 Å². The number of rotatable bonds is 3. The number of halogens is 1. The minimum Gasteiger partial charge on any atom is -0.451 e. The fourth-order valence-electron chi connectivity index (χ4n) is 5.41. The van der Waals surface area contributed by atoms with E-state index in [1.807, 2.05) is 47.9 Å². The van der Waals surface area contributed by atoms with Crippen LogP contribution in [0.15, 0.2) is 65.8 Å². The lowest BCUT2D eigenvalue weighted by atomic mass is 10.0. The number of ether oxygens (including phenoxy) is 2. The number of amides is 1. The maximum absolute atomic E-state index is 14.1. The number of aryl methyl sites for hydroxylation is 2. The summed E-state index contributed by atoms with van der Waals surface area (Å²) in [4.78, 5) is 23.5. The fraction of sp³-hybridized carbons (Fsp3) is 0.226. The van der Waals surface area contributed by atoms with Crippen molar-refractivity contribution in [2.24, 2.45) is 12.0 Å². The number of pyridine rings is 1. The largest absolute Gasteiger partial charge is 0.451 e. The van der Waals surface area contributed by atoms with Crippen LogP contribution in [0.4, 0.5) is 14.9 Å². The van der Waals surface area contributed by atoms with E-state index in [0.717, 1.165) is 33.3 Å². The molecule has 206 valence electrons. The number of hydrogen-bond donors (Lipinski definition) is 0. The Kier molecular flexibility index (Phi) is 6.73. The summed E-state index contributed by atoms with van der Waals surface area (Å²) in [5, 5.41) is 11.0. The molecule has 1 aliphatic rings. The van der Waals surface area contributed by atoms with E-state index < -0.39 is 6.09 Å². The van der Waals surface area contributed by atoms with E-state index in [0.29, 0.717) is 54.2 Å². The zero-order valence-electron chi connectivity index (χ0n) is 22.9. The van der Waals surface area contributed by atoms with Gasteiger partial charge < -0.3 is 18.9 Å². The monoisotopic (exact) mass is 550 g/mol. The van der Waals surface area contributed by atoms with Gasteiger partial charge in [0.25, 0.3) is 0 Å². The molecule has 1 amide bonds. The van der Waals surface area contributed by atoms with Crippen LogP contribution in [0.5, 0.6) is 0 Å². The number of aromatic nitrogens is 3. The van der Waals surface area contributed by atoms with Crippen LogP contribution in [-0.2, 0) is 16.5 Å². The average Bonchev–Trinajstić information content (AvgIpc) is 3.28. The van der Waals surface area contributed by atoms with Crippen molar-refractivity contribution in [3.8, 4) is 22.9 Å². The average molecular weight is 551 g/mol. The molecule has 9 nitrogen and oxygen atoms in total. The third kappa shape index (κ3) is 4.60. The second-order valence-electron chi connectivity index (χ2n) is 9.88. The molecule has 0 aliphatic carbocycles. The van der Waals surface area contributed by atoms with Gasteiger partial charge in [0.1, 0.15) is 11.9 Å². The molecule has 0 N–H and O–H groups in total. The van der Waals surface area contributed by atoms with E-state index in [1.54, 1.807) is 23.9 Å². The van der Waals surface area contributed by atoms with Crippen LogP contribution in [0.1, 0.15) is 11.1 Å². The molecule has 2 aromatic heterocycles. The number of morpholine rings is 1. The number of hydrogen-bond acceptors (Lipinski definition) is 6. The molecule has 10 heteroatoms. The summed E-state index contributed by atoms with van der Waals surface area (Å²) in [6.45, 7) is 4.54. The summed E-state index contributed by atoms with van der Waals surface area (Å²) in [6, 6.07) is 18.3. The van der Waals surface area contributed by atoms with Crippen LogP contribution in [0.3, 0.4) is 0 Å². The smallest absolute Gasteiger partial charge is 0.436 e. The number of methoxy groups -OCH3 is 1. The normalized spacial score (nSPS) is 14.0. The molecular formula is C31H27FN6O3. The van der Waals surface area contributed by atoms with Gasteiger partial charge in [-0.15, -0.1) is 4.99 Å². The summed E-state index contributed by atoms with van der Waals surface area (Å²) >= 11 is 0. The Bertz CT molecular complexity index is 1950. The highest BCUT2D eigenvalue weighted by Crippen LogP contribution is 2.33. The zero-order chi connectivity index (χ0) is 28.7. The molecule has 0 unspecified atom stereocenters. The molecule has 0 radical (unpaired) electrons. The molecule has 0 bridgehead atoms. The molecule has 1 aliphatic heterocycles. The number of carbonyl (C=O) groups is 1. The lowest BCUT2D eigenvalue weighted by Crippen LogP contribution is -2.36. The minimum absolute atomic E-state index is 0.309. The predicted octanol–water partition coefficient (Wildman–Crippen LogP) is 5.01. The van der Waals surface area contributed by atoms with Gasteiger partial charge in [-0.2, -0.15) is 5.26 Å². The van der Waals surface area contributed by atoms with E-state index >= 15 is 0 Å². The molecule has 0 saturated carbocycles. The van der Waals surface area contributed by atoms with Crippen molar-refractivity contribution in [3.63, 3.8) is 0 Å². The summed E-state index contributed by atoms with van der Waals surface area (Å²) in [5.74, 6) is -0.326. The summed E-state index contributed by atoms with van der Waals surface area (Å²) in [7, 11) is 3.07. The maximum Gasteiger partial charge on any atom is 0.436 e. The van der Waals surface area contributed by atoms with E-state index in [-0.39, 0.29) is 5.82 Å². The summed E-state index contributed by atoms with van der Waals surface area (Å²) in [6.07, 6.45) is 0.972. The lowest BCUT2D eigenvalue weighted by molar-refractivity contribution is 0.122. The van der Waals surface area contributed by atoms with Crippen molar-refractivity contribution < 1.29 is 18.7 Å². The SMILES string of the molecule is COC(=O)/N=c1\n(C)c2cnc3ccc(-c4cccc(F)c4)cc3c2n1-c1cc(C#N)c(N2CCOCC2)cc1C. The van der Waals surface area contributed by atoms with Gasteiger partial charge in [0.2, 0.25) is 5.62 Å². The minimum atomic E-state index is -0.759. The molecule has 0 spiro atoms. The number of anilines is 1. The van der Waals surface area contributed by atoms with Crippen LogP contribution in [0.2, 0.25) is 0 Å². The first-order valence-corrected chi connectivity index (χ1v) is 13.2. The highest BCUT2D eigenvalue weighted by molar-refractivity contribution is 6.04. The highest BCUT2D eigenvalue weighted by atomic mass is 19.1. The third-order valence-electron chi connectivity index (χ3n) is 7.46. The molecule has 1 fully saturated rings. The molecule has 1 saturated heterocycles. The van der Waals surface area contributed by atoms with Gasteiger partial charge in [-0.25, -0.2) is 9.18 Å². The molecule has 3 heterocycles. The fourth-order valence-corrected chi connectivity index (χ4v) is 5.41. The first kappa shape index (κ1) is 26.2. The van der Waals surface area contributed by atoms with Crippen molar-refractivity contribution in [2.75, 3.05) is 38.3 Å². The number of carbonyl (C=O) groups excluding carboxylic acids is 1. The molecule has 0 atom stereocenters. The Morgan fingerprint density at radius 3 is 2.61 bits per heavy atom. The molecule has 3 aromatic carbocycles. The number of nitriles is 1. The number of imidazole rings is 1. The number of benzene rings is 3. The Morgan fingerprint density at radius 2 is 1.88 bits per heavy atom. The summed E-state index contributed by atoms with van der Waals surface area (Å²) < 4.78 is 28.1. The van der Waals surface area contributed by atoms with Crippen molar-refractivity contribution in [1.82, 2.24) is 14.1 Å². The quantitative estimate of drug-likeness (QED) is 0.313. The Morgan fingerprint density at radius 1 is 1.10 bits per heavy atom. The van der Waals surface area contributed by atoms with Crippen LogP contribution >= 0.6 is 0 Å². The second kappa shape index (κ2) is 10.5. The Balaban J connectivity index is 1.69. The van der Waals surface area contributed by atoms with Crippen LogP contribution < -0.4 is 10.5 Å². The van der Waals surface area contributed by atoms with Crippen molar-refractivity contribution in [1.29, 1.82) is 5.26 Å². The first-order valence-electron chi connectivity index (χ1n) is 13.2. The lowest BCUT2D eigenvalue weighted by Gasteiger charge is -2.30. The van der Waals surface area contributed by atoms with E-state index in [4.69, 9.17) is 9.47 Å². The van der Waals surface area contributed by atoms with Gasteiger partial charge in [0, 0.05) is 25.5 Å². The standard InChI is InChI=1S/C31H27FN6O3/c1-19-13-27(37-9-11-41-12-10-37)22(17-33)16-26(19)38-29-24-15-21(20-5-4-6-23(32)14-20)7-8-25(24)34-18-28(29)36(2)30(38)35-31(39)40-3/h4-8,13-16,18H,9-12H2,1-3H3/b35-30+. The molecule has 6 rings (SSSR count). The Labute approximate surface area is 235 Å². The van der Waals surface area contributed by atoms with Gasteiger partial charge in [0.15, 0.2) is 0 Å². The Hall–Kier alpha value is -5.01. The van der Waals surface area contributed by atoms with Gasteiger partial charge in [-0.05, 0) is 60.0 Å². The third-order valence-corrected chi connectivity index (χ3v) is 7.46. The van der Waals surface area contributed by atoms with Gasteiger partial charge in [-0.1, -0.05) is 18.2 Å². The van der Waals surface area contributed by atoms with Crippen molar-refractivity contribution in [3.05, 3.63) is 83.4 Å². The highest BCUT2D eigenvalue weighted by Gasteiger charge is 2.22. The zero-order valence-corrected chi connectivity index (χ0v) is 22.9. The second-order valence-corrected chi connectivity index (χ2v) is 9.88. The van der Waals surface area contributed by atoms with E-state index in [2.05, 4.69) is 20.9 Å². The maximum atomic E-state index is 14.1. The van der Waals surface area contributed by atoms with Crippen molar-refractivity contribution >= 4 is 33.7 Å². The van der Waals surface area contributed by atoms with Crippen molar-refractivity contribution in [2.45, 2.75) is 6.92 Å². The predicted molar refractivity (Wildman–Crippen MR) is 153 cm³/mol. The van der Waals surface area contributed by atoms with Crippen LogP contribution in [-0.4, -0.2) is 53.6 Å². The van der Waals surface area contributed by atoms with E-state index in [9.17, 15) is 14.4 Å². The first-order chi connectivity index (χ1) is 19.9. The number of fused-ring (bicyclic) bond motifs is 3. The molecule has 5 aromatic rings. The van der Waals surface area contributed by atoms with Crippen LogP contribution in [0.25, 0.3) is 38.8 Å². The topological polar surface area (TPSA) is 97.7 Å². The van der Waals surface area contributed by atoms with Crippen LogP contribution in [0, 0.1) is 24.1 Å². The molecular weight excluding hydrogens is 523 g/mol.